The normalized spacial score (nSPS) is 23.3. The first-order chi connectivity index (χ1) is 9.70. The number of hydrogen-bond donors (Lipinski definition) is 2. The van der Waals surface area contributed by atoms with Crippen LogP contribution in [0.25, 0.3) is 0 Å². The lowest BCUT2D eigenvalue weighted by atomic mass is 10.0. The number of aryl methyl sites for hydroxylation is 1. The molecule has 1 aliphatic rings. The number of likely N-dealkylation sites (tertiary alicyclic amines) is 1. The van der Waals surface area contributed by atoms with Crippen molar-refractivity contribution in [2.24, 2.45) is 5.92 Å². The van der Waals surface area contributed by atoms with Crippen molar-refractivity contribution < 1.29 is 5.11 Å². The Morgan fingerprint density at radius 3 is 3.05 bits per heavy atom. The lowest BCUT2D eigenvalue weighted by molar-refractivity contribution is 0.140. The Bertz CT molecular complexity index is 554. The van der Waals surface area contributed by atoms with Gasteiger partial charge in [-0.3, -0.25) is 15.0 Å². The maximum absolute atomic E-state index is 10.2. The number of H-pyrrole nitrogens is 1. The highest BCUT2D eigenvalue weighted by molar-refractivity contribution is 5.11. The van der Waals surface area contributed by atoms with Gasteiger partial charge in [-0.15, -0.1) is 0 Å². The monoisotopic (exact) mass is 272 g/mol. The standard InChI is InChI=1S/C15H20N4O/c1-11-5-14(18-17-11)6-13-9-19(10-15(13)20)8-12-3-2-4-16-7-12/h2-5,7,13,15,20H,6,8-10H2,1H3,(H,17,18)/t13-,15+/m1/s1. The minimum absolute atomic E-state index is 0.259. The van der Waals surface area contributed by atoms with Crippen molar-refractivity contribution in [2.75, 3.05) is 13.1 Å². The van der Waals surface area contributed by atoms with E-state index in [1.165, 1.54) is 5.56 Å². The van der Waals surface area contributed by atoms with Gasteiger partial charge in [0.25, 0.3) is 0 Å². The number of aliphatic hydroxyl groups is 1. The second-order valence-corrected chi connectivity index (χ2v) is 5.63. The molecule has 20 heavy (non-hydrogen) atoms. The molecule has 0 spiro atoms. The van der Waals surface area contributed by atoms with Crippen LogP contribution >= 0.6 is 0 Å². The fourth-order valence-corrected chi connectivity index (χ4v) is 2.87. The van der Waals surface area contributed by atoms with E-state index in [9.17, 15) is 5.11 Å². The van der Waals surface area contributed by atoms with Crippen LogP contribution in [-0.2, 0) is 13.0 Å². The molecule has 3 heterocycles. The summed E-state index contributed by atoms with van der Waals surface area (Å²) in [6.45, 7) is 4.47. The van der Waals surface area contributed by atoms with Crippen LogP contribution in [0, 0.1) is 12.8 Å². The van der Waals surface area contributed by atoms with E-state index in [0.717, 1.165) is 37.4 Å². The largest absolute Gasteiger partial charge is 0.391 e. The number of hydrogen-bond acceptors (Lipinski definition) is 4. The number of aliphatic hydroxyl groups excluding tert-OH is 1. The summed E-state index contributed by atoms with van der Waals surface area (Å²) < 4.78 is 0. The number of nitrogens with one attached hydrogen (secondary N) is 1. The molecule has 0 radical (unpaired) electrons. The number of aromatic amines is 1. The zero-order valence-electron chi connectivity index (χ0n) is 11.7. The summed E-state index contributed by atoms with van der Waals surface area (Å²) in [6.07, 6.45) is 4.22. The van der Waals surface area contributed by atoms with Crippen LogP contribution in [0.3, 0.4) is 0 Å². The Morgan fingerprint density at radius 2 is 2.35 bits per heavy atom. The number of nitrogens with zero attached hydrogens (tertiary/aromatic N) is 3. The molecule has 2 N–H and O–H groups in total. The molecule has 0 unspecified atom stereocenters. The molecule has 0 aromatic carbocycles. The average molecular weight is 272 g/mol. The molecule has 0 bridgehead atoms. The fraction of sp³-hybridized carbons (Fsp3) is 0.467. The topological polar surface area (TPSA) is 65.0 Å². The third kappa shape index (κ3) is 3.05. The maximum Gasteiger partial charge on any atom is 0.0711 e. The highest BCUT2D eigenvalue weighted by Crippen LogP contribution is 2.22. The molecule has 0 aliphatic carbocycles. The van der Waals surface area contributed by atoms with Gasteiger partial charge < -0.3 is 5.11 Å². The van der Waals surface area contributed by atoms with Gasteiger partial charge in [-0.05, 0) is 31.0 Å². The molecule has 2 aromatic rings. The lowest BCUT2D eigenvalue weighted by Gasteiger charge is -2.14. The van der Waals surface area contributed by atoms with Crippen LogP contribution < -0.4 is 0 Å². The van der Waals surface area contributed by atoms with Gasteiger partial charge in [0, 0.05) is 43.6 Å². The molecule has 2 atom stereocenters. The molecule has 2 aromatic heterocycles. The molecule has 5 nitrogen and oxygen atoms in total. The van der Waals surface area contributed by atoms with Gasteiger partial charge in [-0.25, -0.2) is 0 Å². The van der Waals surface area contributed by atoms with Gasteiger partial charge in [0.15, 0.2) is 0 Å². The smallest absolute Gasteiger partial charge is 0.0711 e. The molecular weight excluding hydrogens is 252 g/mol. The SMILES string of the molecule is Cc1cc(C[C@@H]2CN(Cc3cccnc3)C[C@@H]2O)n[nH]1. The number of β-amino-alcohol motifs (C(OH)–C–C–N with tert-alkyl or cyclic N) is 1. The summed E-state index contributed by atoms with van der Waals surface area (Å²) in [5, 5.41) is 17.4. The van der Waals surface area contributed by atoms with Crippen LogP contribution in [0.4, 0.5) is 0 Å². The van der Waals surface area contributed by atoms with Crippen molar-refractivity contribution in [2.45, 2.75) is 26.0 Å². The van der Waals surface area contributed by atoms with Crippen LogP contribution in [0.15, 0.2) is 30.6 Å². The first-order valence-electron chi connectivity index (χ1n) is 7.01. The van der Waals surface area contributed by atoms with Crippen molar-refractivity contribution >= 4 is 0 Å². The third-order valence-corrected chi connectivity index (χ3v) is 3.84. The van der Waals surface area contributed by atoms with Gasteiger partial charge in [0.1, 0.15) is 0 Å². The Kier molecular flexibility index (Phi) is 3.80. The molecule has 3 rings (SSSR count). The summed E-state index contributed by atoms with van der Waals surface area (Å²) in [5.41, 5.74) is 3.30. The molecule has 1 saturated heterocycles. The van der Waals surface area contributed by atoms with E-state index in [2.05, 4.69) is 32.2 Å². The predicted molar refractivity (Wildman–Crippen MR) is 76.0 cm³/mol. The lowest BCUT2D eigenvalue weighted by Crippen LogP contribution is -2.21. The zero-order valence-corrected chi connectivity index (χ0v) is 11.7. The Morgan fingerprint density at radius 1 is 1.45 bits per heavy atom. The number of rotatable bonds is 4. The maximum atomic E-state index is 10.2. The Balaban J connectivity index is 1.59. The average Bonchev–Trinajstić information content (AvgIpc) is 2.98. The van der Waals surface area contributed by atoms with Crippen molar-refractivity contribution in [3.8, 4) is 0 Å². The molecule has 1 fully saturated rings. The van der Waals surface area contributed by atoms with E-state index in [1.54, 1.807) is 6.20 Å². The Labute approximate surface area is 118 Å². The molecule has 0 amide bonds. The van der Waals surface area contributed by atoms with Crippen LogP contribution in [-0.4, -0.2) is 44.4 Å². The molecule has 1 aliphatic heterocycles. The zero-order chi connectivity index (χ0) is 13.9. The molecular formula is C15H20N4O. The van der Waals surface area contributed by atoms with Gasteiger partial charge in [0.05, 0.1) is 11.8 Å². The molecule has 5 heteroatoms. The third-order valence-electron chi connectivity index (χ3n) is 3.84. The summed E-state index contributed by atoms with van der Waals surface area (Å²) in [5.74, 6) is 0.259. The minimum atomic E-state index is -0.274. The van der Waals surface area contributed by atoms with Crippen molar-refractivity contribution in [1.29, 1.82) is 0 Å². The quantitative estimate of drug-likeness (QED) is 0.876. The van der Waals surface area contributed by atoms with Gasteiger partial charge in [0.2, 0.25) is 0 Å². The van der Waals surface area contributed by atoms with Gasteiger partial charge in [-0.1, -0.05) is 6.07 Å². The van der Waals surface area contributed by atoms with Crippen molar-refractivity contribution in [3.63, 3.8) is 0 Å². The first kappa shape index (κ1) is 13.3. The summed E-state index contributed by atoms with van der Waals surface area (Å²) >= 11 is 0. The summed E-state index contributed by atoms with van der Waals surface area (Å²) in [7, 11) is 0. The summed E-state index contributed by atoms with van der Waals surface area (Å²) in [6, 6.07) is 6.08. The number of pyridine rings is 1. The van der Waals surface area contributed by atoms with E-state index in [-0.39, 0.29) is 12.0 Å². The van der Waals surface area contributed by atoms with Crippen molar-refractivity contribution in [3.05, 3.63) is 47.5 Å². The van der Waals surface area contributed by atoms with Crippen LogP contribution in [0.2, 0.25) is 0 Å². The van der Waals surface area contributed by atoms with E-state index in [1.807, 2.05) is 19.2 Å². The highest BCUT2D eigenvalue weighted by Gasteiger charge is 2.31. The highest BCUT2D eigenvalue weighted by atomic mass is 16.3. The van der Waals surface area contributed by atoms with E-state index in [4.69, 9.17) is 0 Å². The van der Waals surface area contributed by atoms with E-state index >= 15 is 0 Å². The second-order valence-electron chi connectivity index (χ2n) is 5.63. The van der Waals surface area contributed by atoms with Gasteiger partial charge in [-0.2, -0.15) is 5.10 Å². The van der Waals surface area contributed by atoms with E-state index < -0.39 is 0 Å². The van der Waals surface area contributed by atoms with Crippen LogP contribution in [0.1, 0.15) is 17.0 Å². The summed E-state index contributed by atoms with van der Waals surface area (Å²) in [4.78, 5) is 6.42. The fourth-order valence-electron chi connectivity index (χ4n) is 2.87. The minimum Gasteiger partial charge on any atom is -0.391 e. The van der Waals surface area contributed by atoms with E-state index in [0.29, 0.717) is 0 Å². The molecule has 106 valence electrons. The molecule has 0 saturated carbocycles. The van der Waals surface area contributed by atoms with Crippen LogP contribution in [0.5, 0.6) is 0 Å². The Hall–Kier alpha value is -1.72. The predicted octanol–water partition coefficient (Wildman–Crippen LogP) is 1.15. The number of aromatic nitrogens is 3. The second kappa shape index (κ2) is 5.73. The first-order valence-corrected chi connectivity index (χ1v) is 7.01. The van der Waals surface area contributed by atoms with Gasteiger partial charge >= 0.3 is 0 Å². The van der Waals surface area contributed by atoms with Crippen molar-refractivity contribution in [1.82, 2.24) is 20.1 Å².